The maximum absolute atomic E-state index is 13.5. The third kappa shape index (κ3) is 5.41. The van der Waals surface area contributed by atoms with Crippen molar-refractivity contribution < 1.29 is 22.8 Å². The van der Waals surface area contributed by atoms with Gasteiger partial charge < -0.3 is 15.1 Å². The minimum absolute atomic E-state index is 0.00439. The van der Waals surface area contributed by atoms with Crippen molar-refractivity contribution >= 4 is 17.5 Å². The van der Waals surface area contributed by atoms with E-state index in [1.54, 1.807) is 6.07 Å². The van der Waals surface area contributed by atoms with E-state index in [1.807, 2.05) is 16.7 Å². The molecule has 0 bridgehead atoms. The Morgan fingerprint density at radius 3 is 2.40 bits per heavy atom. The molecule has 1 N–H and O–H groups in total. The van der Waals surface area contributed by atoms with Gasteiger partial charge in [0.2, 0.25) is 11.8 Å². The lowest BCUT2D eigenvalue weighted by atomic mass is 9.78. The number of nitrogens with zero attached hydrogens (tertiary/aromatic N) is 3. The summed E-state index contributed by atoms with van der Waals surface area (Å²) < 4.78 is 40.6. The first-order chi connectivity index (χ1) is 16.7. The quantitative estimate of drug-likeness (QED) is 0.672. The minimum atomic E-state index is -4.63. The number of carbonyl (C=O) groups is 2. The zero-order chi connectivity index (χ0) is 25.2. The van der Waals surface area contributed by atoms with Gasteiger partial charge in [-0.15, -0.1) is 0 Å². The van der Waals surface area contributed by atoms with Crippen molar-refractivity contribution in [3.63, 3.8) is 0 Å². The van der Waals surface area contributed by atoms with Crippen LogP contribution >= 0.6 is 0 Å². The van der Waals surface area contributed by atoms with Gasteiger partial charge in [0.25, 0.3) is 0 Å². The van der Waals surface area contributed by atoms with E-state index < -0.39 is 17.3 Å². The summed E-state index contributed by atoms with van der Waals surface area (Å²) in [6, 6.07) is 5.39. The van der Waals surface area contributed by atoms with Crippen LogP contribution in [-0.4, -0.2) is 49.4 Å². The van der Waals surface area contributed by atoms with E-state index >= 15 is 0 Å². The Kier molecular flexibility index (Phi) is 7.58. The summed E-state index contributed by atoms with van der Waals surface area (Å²) >= 11 is 0. The molecule has 0 spiro atoms. The topological polar surface area (TPSA) is 76.4 Å². The highest BCUT2D eigenvalue weighted by molar-refractivity contribution is 5.81. The number of anilines is 1. The van der Waals surface area contributed by atoms with Gasteiger partial charge in [0.05, 0.1) is 23.1 Å². The molecule has 35 heavy (non-hydrogen) atoms. The smallest absolute Gasteiger partial charge is 0.370 e. The van der Waals surface area contributed by atoms with Gasteiger partial charge in [-0.25, -0.2) is 0 Å². The van der Waals surface area contributed by atoms with Crippen molar-refractivity contribution in [2.24, 2.45) is 23.7 Å². The van der Waals surface area contributed by atoms with Gasteiger partial charge in [-0.05, 0) is 62.6 Å². The first kappa shape index (κ1) is 25.3. The van der Waals surface area contributed by atoms with E-state index in [1.165, 1.54) is 12.1 Å². The number of halogens is 3. The van der Waals surface area contributed by atoms with Gasteiger partial charge in [-0.3, -0.25) is 9.59 Å². The van der Waals surface area contributed by atoms with Crippen LogP contribution in [0.15, 0.2) is 18.2 Å². The summed E-state index contributed by atoms with van der Waals surface area (Å²) in [4.78, 5) is 29.6. The summed E-state index contributed by atoms with van der Waals surface area (Å²) in [7, 11) is 0. The SMILES string of the molecule is CCNC(=O)[C@@H]1CN(c2ccc(C#N)c(C(F)(F)F)c2)C[C@H]1C1CCN(C(=O)C2CCCC2)CC1. The molecule has 190 valence electrons. The van der Waals surface area contributed by atoms with Crippen molar-refractivity contribution in [2.45, 2.75) is 51.6 Å². The van der Waals surface area contributed by atoms with E-state index in [9.17, 15) is 22.8 Å². The first-order valence-corrected chi connectivity index (χ1v) is 12.7. The van der Waals surface area contributed by atoms with Crippen molar-refractivity contribution in [2.75, 3.05) is 37.6 Å². The molecule has 0 aromatic heterocycles. The molecule has 2 heterocycles. The molecule has 3 fully saturated rings. The number of hydrogen-bond donors (Lipinski definition) is 1. The van der Waals surface area contributed by atoms with Crippen molar-refractivity contribution in [1.82, 2.24) is 10.2 Å². The molecule has 9 heteroatoms. The third-order valence-corrected chi connectivity index (χ3v) is 8.01. The number of alkyl halides is 3. The largest absolute Gasteiger partial charge is 0.417 e. The van der Waals surface area contributed by atoms with Gasteiger partial charge in [0.15, 0.2) is 0 Å². The number of nitriles is 1. The Bertz CT molecular complexity index is 976. The number of benzene rings is 1. The number of rotatable bonds is 5. The van der Waals surface area contributed by atoms with Gasteiger partial charge in [-0.2, -0.15) is 18.4 Å². The van der Waals surface area contributed by atoms with Crippen molar-refractivity contribution in [3.8, 4) is 6.07 Å². The number of carbonyl (C=O) groups excluding carboxylic acids is 2. The fourth-order valence-corrected chi connectivity index (χ4v) is 6.14. The normalized spacial score (nSPS) is 24.0. The lowest BCUT2D eigenvalue weighted by Gasteiger charge is -2.37. The second-order valence-corrected chi connectivity index (χ2v) is 10.1. The molecular weight excluding hydrogens is 457 g/mol. The number of amides is 2. The third-order valence-electron chi connectivity index (χ3n) is 8.01. The summed E-state index contributed by atoms with van der Waals surface area (Å²) in [5.74, 6) is 0.217. The van der Waals surface area contributed by atoms with Crippen LogP contribution in [0, 0.1) is 35.0 Å². The molecule has 2 amide bonds. The molecule has 0 radical (unpaired) electrons. The molecule has 2 aliphatic heterocycles. The van der Waals surface area contributed by atoms with Crippen LogP contribution in [0.5, 0.6) is 0 Å². The number of hydrogen-bond acceptors (Lipinski definition) is 4. The van der Waals surface area contributed by atoms with E-state index in [2.05, 4.69) is 5.32 Å². The monoisotopic (exact) mass is 490 g/mol. The van der Waals surface area contributed by atoms with Crippen LogP contribution < -0.4 is 10.2 Å². The Hall–Kier alpha value is -2.76. The lowest BCUT2D eigenvalue weighted by Crippen LogP contribution is -2.44. The van der Waals surface area contributed by atoms with Crippen molar-refractivity contribution in [3.05, 3.63) is 29.3 Å². The fraction of sp³-hybridized carbons (Fsp3) is 0.654. The zero-order valence-corrected chi connectivity index (χ0v) is 20.1. The number of likely N-dealkylation sites (tertiary alicyclic amines) is 1. The van der Waals surface area contributed by atoms with Crippen LogP contribution in [0.1, 0.15) is 56.6 Å². The molecule has 2 saturated heterocycles. The maximum Gasteiger partial charge on any atom is 0.417 e. The van der Waals surface area contributed by atoms with Gasteiger partial charge >= 0.3 is 6.18 Å². The predicted octanol–water partition coefficient (Wildman–Crippen LogP) is 4.19. The molecular formula is C26H33F3N4O2. The molecule has 1 aromatic rings. The standard InChI is InChI=1S/C26H33F3N4O2/c1-2-31-24(34)22-16-33(20-8-7-19(14-30)23(13-20)26(27,28)29)15-21(22)17-9-11-32(12-10-17)25(35)18-5-3-4-6-18/h7-8,13,17-18,21-22H,2-6,9-12,15-16H2,1H3,(H,31,34)/t21-,22+/m0/s1. The average Bonchev–Trinajstić information content (AvgIpc) is 3.54. The highest BCUT2D eigenvalue weighted by atomic mass is 19.4. The molecule has 4 rings (SSSR count). The summed E-state index contributed by atoms with van der Waals surface area (Å²) in [6.07, 6.45) is 1.15. The summed E-state index contributed by atoms with van der Waals surface area (Å²) in [5, 5.41) is 12.0. The van der Waals surface area contributed by atoms with Crippen LogP contribution in [-0.2, 0) is 15.8 Å². The first-order valence-electron chi connectivity index (χ1n) is 12.7. The Morgan fingerprint density at radius 1 is 1.11 bits per heavy atom. The molecule has 1 aromatic carbocycles. The lowest BCUT2D eigenvalue weighted by molar-refractivity contribution is -0.138. The van der Waals surface area contributed by atoms with Crippen LogP contribution in [0.2, 0.25) is 0 Å². The molecule has 1 aliphatic carbocycles. The van der Waals surface area contributed by atoms with E-state index in [0.29, 0.717) is 38.4 Å². The Labute approximate surface area is 204 Å². The Balaban J connectivity index is 1.50. The highest BCUT2D eigenvalue weighted by Crippen LogP contribution is 2.40. The maximum atomic E-state index is 13.5. The van der Waals surface area contributed by atoms with Gasteiger partial charge in [-0.1, -0.05) is 12.8 Å². The number of piperidine rings is 1. The van der Waals surface area contributed by atoms with E-state index in [-0.39, 0.29) is 35.5 Å². The van der Waals surface area contributed by atoms with Gasteiger partial charge in [0, 0.05) is 44.3 Å². The van der Waals surface area contributed by atoms with E-state index in [0.717, 1.165) is 44.6 Å². The fourth-order valence-electron chi connectivity index (χ4n) is 6.14. The second-order valence-electron chi connectivity index (χ2n) is 10.1. The molecule has 3 aliphatic rings. The van der Waals surface area contributed by atoms with Crippen LogP contribution in [0.3, 0.4) is 0 Å². The molecule has 1 saturated carbocycles. The molecule has 6 nitrogen and oxygen atoms in total. The second kappa shape index (κ2) is 10.5. The van der Waals surface area contributed by atoms with E-state index in [4.69, 9.17) is 5.26 Å². The summed E-state index contributed by atoms with van der Waals surface area (Å²) in [6.45, 7) is 4.50. The zero-order valence-electron chi connectivity index (χ0n) is 20.1. The number of nitrogens with one attached hydrogen (secondary N) is 1. The van der Waals surface area contributed by atoms with Gasteiger partial charge in [0.1, 0.15) is 0 Å². The average molecular weight is 491 g/mol. The molecule has 0 unspecified atom stereocenters. The highest BCUT2D eigenvalue weighted by Gasteiger charge is 2.44. The van der Waals surface area contributed by atoms with Crippen LogP contribution in [0.25, 0.3) is 0 Å². The predicted molar refractivity (Wildman–Crippen MR) is 125 cm³/mol. The van der Waals surface area contributed by atoms with Crippen molar-refractivity contribution in [1.29, 1.82) is 5.26 Å². The molecule has 2 atom stereocenters. The minimum Gasteiger partial charge on any atom is -0.370 e. The Morgan fingerprint density at radius 2 is 1.80 bits per heavy atom. The summed E-state index contributed by atoms with van der Waals surface area (Å²) in [5.41, 5.74) is -0.979. The van der Waals surface area contributed by atoms with Crippen LogP contribution in [0.4, 0.5) is 18.9 Å².